The first-order valence-corrected chi connectivity index (χ1v) is 9.49. The van der Waals surface area contributed by atoms with Gasteiger partial charge in [-0.3, -0.25) is 13.8 Å². The molecule has 1 aliphatic carbocycles. The number of benzene rings is 1. The number of hydrogen-bond donors (Lipinski definition) is 0. The Bertz CT molecular complexity index is 1280. The van der Waals surface area contributed by atoms with Crippen LogP contribution in [0.5, 0.6) is 0 Å². The van der Waals surface area contributed by atoms with Crippen LogP contribution in [-0.4, -0.2) is 24.1 Å². The van der Waals surface area contributed by atoms with Gasteiger partial charge in [-0.1, -0.05) is 25.1 Å². The summed E-state index contributed by atoms with van der Waals surface area (Å²) in [6.45, 7) is 5.94. The first-order chi connectivity index (χ1) is 13.4. The molecule has 7 nitrogen and oxygen atoms in total. The summed E-state index contributed by atoms with van der Waals surface area (Å²) < 4.78 is 23.2. The molecule has 0 bridgehead atoms. The molecule has 1 atom stereocenters. The van der Waals surface area contributed by atoms with Gasteiger partial charge < -0.3 is 4.52 Å². The highest BCUT2D eigenvalue weighted by Gasteiger charge is 2.44. The first-order valence-electron chi connectivity index (χ1n) is 9.49. The van der Waals surface area contributed by atoms with Crippen LogP contribution in [0.4, 0.5) is 4.39 Å². The van der Waals surface area contributed by atoms with E-state index in [4.69, 9.17) is 4.52 Å². The Labute approximate surface area is 159 Å². The lowest BCUT2D eigenvalue weighted by Gasteiger charge is -2.18. The molecule has 0 radical (unpaired) electrons. The maximum Gasteiger partial charge on any atom is 0.278 e. The van der Waals surface area contributed by atoms with Crippen molar-refractivity contribution in [3.05, 3.63) is 46.6 Å². The number of nitrogens with zero attached hydrogens (tertiary/aromatic N) is 5. The van der Waals surface area contributed by atoms with E-state index in [1.165, 1.54) is 17.0 Å². The van der Waals surface area contributed by atoms with E-state index in [2.05, 4.69) is 22.0 Å². The second kappa shape index (κ2) is 5.73. The van der Waals surface area contributed by atoms with Crippen molar-refractivity contribution in [2.45, 2.75) is 51.5 Å². The minimum Gasteiger partial charge on any atom is -0.338 e. The zero-order chi connectivity index (χ0) is 19.6. The Balaban J connectivity index is 1.84. The third-order valence-corrected chi connectivity index (χ3v) is 5.84. The summed E-state index contributed by atoms with van der Waals surface area (Å²) in [6.07, 6.45) is 4.21. The van der Waals surface area contributed by atoms with Crippen LogP contribution in [0.15, 0.2) is 33.8 Å². The largest absolute Gasteiger partial charge is 0.338 e. The first kappa shape index (κ1) is 17.1. The Morgan fingerprint density at radius 2 is 2.11 bits per heavy atom. The molecular formula is C20H20FN5O2. The average molecular weight is 381 g/mol. The molecule has 1 saturated carbocycles. The normalized spacial score (nSPS) is 16.7. The molecule has 3 heterocycles. The van der Waals surface area contributed by atoms with E-state index in [-0.39, 0.29) is 28.4 Å². The van der Waals surface area contributed by atoms with Gasteiger partial charge in [-0.15, -0.1) is 0 Å². The molecule has 0 aliphatic heterocycles. The molecule has 28 heavy (non-hydrogen) atoms. The van der Waals surface area contributed by atoms with E-state index >= 15 is 0 Å². The number of rotatable bonds is 4. The van der Waals surface area contributed by atoms with Gasteiger partial charge in [0.1, 0.15) is 28.9 Å². The lowest BCUT2D eigenvalue weighted by molar-refractivity contribution is 0.353. The van der Waals surface area contributed by atoms with Crippen molar-refractivity contribution in [1.82, 2.24) is 24.1 Å². The van der Waals surface area contributed by atoms with Crippen molar-refractivity contribution < 1.29 is 8.91 Å². The fraction of sp³-hybridized carbons (Fsp3) is 0.400. The van der Waals surface area contributed by atoms with Gasteiger partial charge in [0.15, 0.2) is 0 Å². The fourth-order valence-corrected chi connectivity index (χ4v) is 3.62. The lowest BCUT2D eigenvalue weighted by atomic mass is 10.1. The molecule has 0 saturated heterocycles. The van der Waals surface area contributed by atoms with E-state index in [1.807, 2.05) is 13.8 Å². The summed E-state index contributed by atoms with van der Waals surface area (Å²) in [4.78, 5) is 22.3. The number of fused-ring (bicyclic) bond motifs is 3. The highest BCUT2D eigenvalue weighted by Crippen LogP contribution is 2.47. The number of halogens is 1. The van der Waals surface area contributed by atoms with Gasteiger partial charge in [0.25, 0.3) is 5.56 Å². The smallest absolute Gasteiger partial charge is 0.278 e. The Morgan fingerprint density at radius 3 is 2.82 bits per heavy atom. The highest BCUT2D eigenvalue weighted by atomic mass is 19.1. The zero-order valence-electron chi connectivity index (χ0n) is 15.9. The minimum absolute atomic E-state index is 0.0758. The fourth-order valence-electron chi connectivity index (χ4n) is 3.62. The van der Waals surface area contributed by atoms with E-state index in [0.717, 1.165) is 12.8 Å². The summed E-state index contributed by atoms with van der Waals surface area (Å²) in [5, 5.41) is 4.06. The predicted octanol–water partition coefficient (Wildman–Crippen LogP) is 3.86. The molecule has 0 spiro atoms. The van der Waals surface area contributed by atoms with E-state index < -0.39 is 5.82 Å². The van der Waals surface area contributed by atoms with Crippen LogP contribution in [0.1, 0.15) is 52.0 Å². The van der Waals surface area contributed by atoms with Crippen LogP contribution in [0.3, 0.4) is 0 Å². The van der Waals surface area contributed by atoms with Crippen molar-refractivity contribution in [3.8, 4) is 11.5 Å². The second-order valence-corrected chi connectivity index (χ2v) is 7.84. The van der Waals surface area contributed by atoms with Crippen molar-refractivity contribution in [2.75, 3.05) is 0 Å². The average Bonchev–Trinajstić information content (AvgIpc) is 3.12. The van der Waals surface area contributed by atoms with Gasteiger partial charge in [0.2, 0.25) is 11.7 Å². The molecule has 4 aromatic rings. The molecule has 144 valence electrons. The molecule has 1 aromatic carbocycles. The van der Waals surface area contributed by atoms with Crippen LogP contribution in [0.2, 0.25) is 0 Å². The van der Waals surface area contributed by atoms with Gasteiger partial charge in [-0.25, -0.2) is 9.37 Å². The Morgan fingerprint density at radius 1 is 1.32 bits per heavy atom. The molecule has 0 N–H and O–H groups in total. The molecule has 8 heteroatoms. The maximum absolute atomic E-state index is 14.7. The quantitative estimate of drug-likeness (QED) is 0.536. The summed E-state index contributed by atoms with van der Waals surface area (Å²) in [6, 6.07) is 4.60. The summed E-state index contributed by atoms with van der Waals surface area (Å²) in [5.74, 6) is 0.419. The van der Waals surface area contributed by atoms with Crippen molar-refractivity contribution in [1.29, 1.82) is 0 Å². The highest BCUT2D eigenvalue weighted by molar-refractivity contribution is 5.84. The molecule has 1 fully saturated rings. The van der Waals surface area contributed by atoms with Gasteiger partial charge in [-0.2, -0.15) is 4.98 Å². The van der Waals surface area contributed by atoms with Crippen LogP contribution in [0.25, 0.3) is 28.1 Å². The van der Waals surface area contributed by atoms with Gasteiger partial charge >= 0.3 is 0 Å². The van der Waals surface area contributed by atoms with Crippen LogP contribution in [0, 0.1) is 5.82 Å². The van der Waals surface area contributed by atoms with E-state index in [1.54, 1.807) is 16.5 Å². The molecule has 5 rings (SSSR count). The molecule has 3 aromatic heterocycles. The summed E-state index contributed by atoms with van der Waals surface area (Å²) in [7, 11) is 0. The van der Waals surface area contributed by atoms with Crippen LogP contribution in [-0.2, 0) is 5.41 Å². The van der Waals surface area contributed by atoms with Gasteiger partial charge in [0, 0.05) is 11.5 Å². The third-order valence-electron chi connectivity index (χ3n) is 5.84. The van der Waals surface area contributed by atoms with Crippen molar-refractivity contribution in [2.24, 2.45) is 0 Å². The SMILES string of the molecule is CCC(C)n1c(=O)c2c(-c3noc(C4(C)CC4)n3)ncn2c2cccc(F)c21. The summed E-state index contributed by atoms with van der Waals surface area (Å²) >= 11 is 0. The topological polar surface area (TPSA) is 78.2 Å². The molecule has 1 unspecified atom stereocenters. The van der Waals surface area contributed by atoms with E-state index in [0.29, 0.717) is 29.0 Å². The predicted molar refractivity (Wildman–Crippen MR) is 102 cm³/mol. The summed E-state index contributed by atoms with van der Waals surface area (Å²) in [5.41, 5.74) is 1.14. The van der Waals surface area contributed by atoms with Crippen molar-refractivity contribution >= 4 is 16.6 Å². The lowest BCUT2D eigenvalue weighted by Crippen LogP contribution is -2.26. The molecular weight excluding hydrogens is 361 g/mol. The molecule has 1 aliphatic rings. The zero-order valence-corrected chi connectivity index (χ0v) is 15.9. The van der Waals surface area contributed by atoms with Crippen molar-refractivity contribution in [3.63, 3.8) is 0 Å². The van der Waals surface area contributed by atoms with Crippen LogP contribution < -0.4 is 5.56 Å². The Hall–Kier alpha value is -3.03. The standard InChI is InChI=1S/C20H20FN5O2/c1-4-11(2)26-15-12(21)6-5-7-13(15)25-10-22-14(16(25)18(26)27)17-23-19(28-24-17)20(3)8-9-20/h5-7,10-11H,4,8-9H2,1-3H3. The second-order valence-electron chi connectivity index (χ2n) is 7.84. The molecule has 0 amide bonds. The number of imidazole rings is 1. The number of hydrogen-bond acceptors (Lipinski definition) is 5. The van der Waals surface area contributed by atoms with Crippen LogP contribution >= 0.6 is 0 Å². The van der Waals surface area contributed by atoms with Gasteiger partial charge in [-0.05, 0) is 38.3 Å². The number of aromatic nitrogens is 5. The number of para-hydroxylation sites is 1. The third kappa shape index (κ3) is 2.26. The van der Waals surface area contributed by atoms with E-state index in [9.17, 15) is 9.18 Å². The monoisotopic (exact) mass is 381 g/mol. The maximum atomic E-state index is 14.7. The van der Waals surface area contributed by atoms with Gasteiger partial charge in [0.05, 0.1) is 5.52 Å². The minimum atomic E-state index is -0.435. The Kier molecular flexibility index (Phi) is 3.50.